The Kier molecular flexibility index (Phi) is 3.20. The molecule has 9 heteroatoms. The van der Waals surface area contributed by atoms with Crippen molar-refractivity contribution >= 4 is 17.7 Å². The molecule has 0 saturated carbocycles. The van der Waals surface area contributed by atoms with Crippen LogP contribution in [0.2, 0.25) is 0 Å². The summed E-state index contributed by atoms with van der Waals surface area (Å²) in [5.74, 6) is 2.87. The molecule has 0 fully saturated rings. The lowest BCUT2D eigenvalue weighted by Gasteiger charge is -2.28. The summed E-state index contributed by atoms with van der Waals surface area (Å²) in [7, 11) is 0. The maximum Gasteiger partial charge on any atom is 0.272 e. The van der Waals surface area contributed by atoms with E-state index >= 15 is 0 Å². The molecule has 0 radical (unpaired) electrons. The molecule has 1 amide bonds. The third-order valence-corrected chi connectivity index (χ3v) is 4.88. The number of aromatic nitrogens is 3. The van der Waals surface area contributed by atoms with Gasteiger partial charge in [0.15, 0.2) is 17.3 Å². The van der Waals surface area contributed by atoms with Crippen LogP contribution in [0.1, 0.15) is 10.4 Å². The Balaban J connectivity index is 1.56. The molecule has 0 unspecified atom stereocenters. The van der Waals surface area contributed by atoms with Gasteiger partial charge in [0.2, 0.25) is 17.8 Å². The van der Waals surface area contributed by atoms with E-state index in [1.165, 1.54) is 0 Å². The highest BCUT2D eigenvalue weighted by Crippen LogP contribution is 2.34. The molecule has 1 aromatic carbocycles. The highest BCUT2D eigenvalue weighted by molar-refractivity contribution is 7.99. The van der Waals surface area contributed by atoms with Gasteiger partial charge in [-0.15, -0.1) is 10.2 Å². The van der Waals surface area contributed by atoms with Crippen LogP contribution in [0.4, 0.5) is 0 Å². The number of hydrogen-bond acceptors (Lipinski definition) is 7. The smallest absolute Gasteiger partial charge is 0.272 e. The van der Waals surface area contributed by atoms with Gasteiger partial charge in [0.25, 0.3) is 5.91 Å². The van der Waals surface area contributed by atoms with Crippen LogP contribution in [-0.4, -0.2) is 39.9 Å². The molecule has 0 N–H and O–H groups in total. The molecule has 0 bridgehead atoms. The molecule has 5 rings (SSSR count). The van der Waals surface area contributed by atoms with E-state index in [4.69, 9.17) is 13.9 Å². The van der Waals surface area contributed by atoms with E-state index < -0.39 is 0 Å². The van der Waals surface area contributed by atoms with Crippen molar-refractivity contribution in [3.63, 3.8) is 0 Å². The summed E-state index contributed by atoms with van der Waals surface area (Å²) < 4.78 is 17.8. The van der Waals surface area contributed by atoms with Gasteiger partial charge in [-0.3, -0.25) is 4.79 Å². The lowest BCUT2D eigenvalue weighted by Crippen LogP contribution is -2.45. The standard InChI is InChI=1S/C16H12N4O4S/c21-15(10-3-4-11-13(8-10)24-9-23-11)19-5-7-25-16-18-17-14(20(16)19)12-2-1-6-22-12/h1-4,6,8H,5,7,9H2. The van der Waals surface area contributed by atoms with Crippen molar-refractivity contribution < 1.29 is 18.7 Å². The molecule has 4 heterocycles. The van der Waals surface area contributed by atoms with Crippen LogP contribution in [0.5, 0.6) is 11.5 Å². The van der Waals surface area contributed by atoms with E-state index in [0.29, 0.717) is 40.3 Å². The first kappa shape index (κ1) is 14.4. The van der Waals surface area contributed by atoms with Gasteiger partial charge in [-0.2, -0.15) is 0 Å². The molecule has 126 valence electrons. The summed E-state index contributed by atoms with van der Waals surface area (Å²) in [6.45, 7) is 0.711. The Labute approximate surface area is 146 Å². The zero-order valence-corrected chi connectivity index (χ0v) is 13.7. The van der Waals surface area contributed by atoms with Crippen molar-refractivity contribution in [3.05, 3.63) is 42.2 Å². The highest BCUT2D eigenvalue weighted by Gasteiger charge is 2.30. The second-order valence-electron chi connectivity index (χ2n) is 5.44. The number of carbonyl (C=O) groups is 1. The Morgan fingerprint density at radius 1 is 1.16 bits per heavy atom. The van der Waals surface area contributed by atoms with Crippen LogP contribution in [-0.2, 0) is 0 Å². The van der Waals surface area contributed by atoms with Crippen LogP contribution in [0.25, 0.3) is 11.6 Å². The average Bonchev–Trinajstić information content (AvgIpc) is 3.38. The van der Waals surface area contributed by atoms with Crippen molar-refractivity contribution in [3.8, 4) is 23.1 Å². The molecular formula is C16H12N4O4S. The largest absolute Gasteiger partial charge is 0.461 e. The first-order valence-electron chi connectivity index (χ1n) is 7.65. The normalized spacial score (nSPS) is 15.3. The molecule has 0 aliphatic carbocycles. The number of hydrogen-bond donors (Lipinski definition) is 0. The number of nitrogens with zero attached hydrogens (tertiary/aromatic N) is 4. The molecule has 2 aliphatic rings. The Morgan fingerprint density at radius 3 is 2.96 bits per heavy atom. The quantitative estimate of drug-likeness (QED) is 0.696. The third-order valence-electron chi connectivity index (χ3n) is 3.98. The van der Waals surface area contributed by atoms with Gasteiger partial charge in [-0.05, 0) is 30.3 Å². The maximum atomic E-state index is 13.1. The fraction of sp³-hybridized carbons (Fsp3) is 0.188. The minimum Gasteiger partial charge on any atom is -0.461 e. The number of amides is 1. The molecule has 8 nitrogen and oxygen atoms in total. The lowest BCUT2D eigenvalue weighted by molar-refractivity contribution is 0.0956. The Hall–Kier alpha value is -2.94. The van der Waals surface area contributed by atoms with E-state index in [1.54, 1.807) is 58.0 Å². The summed E-state index contributed by atoms with van der Waals surface area (Å²) in [4.78, 5) is 13.1. The molecule has 0 saturated heterocycles. The second-order valence-corrected chi connectivity index (χ2v) is 6.50. The first-order valence-corrected chi connectivity index (χ1v) is 8.64. The van der Waals surface area contributed by atoms with Gasteiger partial charge in [0, 0.05) is 11.3 Å². The third kappa shape index (κ3) is 2.27. The van der Waals surface area contributed by atoms with Gasteiger partial charge < -0.3 is 13.9 Å². The van der Waals surface area contributed by atoms with Crippen LogP contribution >= 0.6 is 11.8 Å². The Bertz CT molecular complexity index is 953. The summed E-state index contributed by atoms with van der Waals surface area (Å²) in [5, 5.41) is 10.6. The highest BCUT2D eigenvalue weighted by atomic mass is 32.2. The van der Waals surface area contributed by atoms with Crippen LogP contribution in [0, 0.1) is 0 Å². The first-order chi connectivity index (χ1) is 12.3. The number of benzene rings is 1. The molecule has 3 aromatic rings. The van der Waals surface area contributed by atoms with E-state index in [2.05, 4.69) is 10.2 Å². The molecule has 2 aromatic heterocycles. The summed E-state index contributed by atoms with van der Waals surface area (Å²) in [5.41, 5.74) is 0.515. The van der Waals surface area contributed by atoms with Gasteiger partial charge in [0.05, 0.1) is 12.8 Å². The maximum absolute atomic E-state index is 13.1. The molecule has 0 atom stereocenters. The minimum absolute atomic E-state index is 0.160. The van der Waals surface area contributed by atoms with Crippen molar-refractivity contribution in [1.29, 1.82) is 0 Å². The fourth-order valence-corrected chi connectivity index (χ4v) is 3.68. The number of fused-ring (bicyclic) bond motifs is 2. The zero-order valence-electron chi connectivity index (χ0n) is 12.9. The van der Waals surface area contributed by atoms with E-state index in [1.807, 2.05) is 0 Å². The topological polar surface area (TPSA) is 82.6 Å². The van der Waals surface area contributed by atoms with E-state index in [9.17, 15) is 4.79 Å². The molecule has 25 heavy (non-hydrogen) atoms. The molecule has 2 aliphatic heterocycles. The van der Waals surface area contributed by atoms with Gasteiger partial charge in [0.1, 0.15) is 0 Å². The van der Waals surface area contributed by atoms with Crippen LogP contribution in [0.3, 0.4) is 0 Å². The lowest BCUT2D eigenvalue weighted by atomic mass is 10.2. The SMILES string of the molecule is O=C(c1ccc2c(c1)OCO2)N1CCSc2nnc(-c3ccco3)n21. The monoisotopic (exact) mass is 356 g/mol. The van der Waals surface area contributed by atoms with Crippen molar-refractivity contribution in [2.45, 2.75) is 5.16 Å². The summed E-state index contributed by atoms with van der Waals surface area (Å²) >= 11 is 1.55. The predicted octanol–water partition coefficient (Wildman–Crippen LogP) is 2.15. The molecular weight excluding hydrogens is 344 g/mol. The van der Waals surface area contributed by atoms with E-state index in [-0.39, 0.29) is 12.7 Å². The van der Waals surface area contributed by atoms with Crippen molar-refractivity contribution in [2.75, 3.05) is 24.1 Å². The number of carbonyl (C=O) groups excluding carboxylic acids is 1. The number of thioether (sulfide) groups is 1. The second kappa shape index (κ2) is 5.55. The van der Waals surface area contributed by atoms with Crippen molar-refractivity contribution in [2.24, 2.45) is 0 Å². The van der Waals surface area contributed by atoms with Crippen LogP contribution in [0.15, 0.2) is 46.2 Å². The van der Waals surface area contributed by atoms with Gasteiger partial charge in [-0.25, -0.2) is 9.69 Å². The zero-order chi connectivity index (χ0) is 16.8. The molecule has 0 spiro atoms. The fourth-order valence-electron chi connectivity index (χ4n) is 2.83. The number of furan rings is 1. The summed E-state index contributed by atoms with van der Waals surface area (Å²) in [6.07, 6.45) is 1.57. The van der Waals surface area contributed by atoms with Crippen LogP contribution < -0.4 is 14.5 Å². The van der Waals surface area contributed by atoms with Crippen molar-refractivity contribution in [1.82, 2.24) is 14.9 Å². The predicted molar refractivity (Wildman–Crippen MR) is 88.4 cm³/mol. The number of rotatable bonds is 2. The minimum atomic E-state index is -0.160. The van der Waals surface area contributed by atoms with Gasteiger partial charge >= 0.3 is 0 Å². The van der Waals surface area contributed by atoms with Gasteiger partial charge in [-0.1, -0.05) is 11.8 Å². The summed E-state index contributed by atoms with van der Waals surface area (Å²) in [6, 6.07) is 8.74. The number of ether oxygens (including phenoxy) is 2. The van der Waals surface area contributed by atoms with E-state index in [0.717, 1.165) is 5.75 Å². The Morgan fingerprint density at radius 2 is 2.08 bits per heavy atom. The average molecular weight is 356 g/mol.